The van der Waals surface area contributed by atoms with Crippen molar-refractivity contribution in [3.63, 3.8) is 0 Å². The fraction of sp³-hybridized carbons (Fsp3) is 0.500. The summed E-state index contributed by atoms with van der Waals surface area (Å²) in [4.78, 5) is 29.0. The number of anilines is 1. The SMILES string of the molecule is C/N=C1/CCCc2c1sc(NC(=O)C1CC1)c2C(N)=O. The summed E-state index contributed by atoms with van der Waals surface area (Å²) in [5.74, 6) is -0.360. The van der Waals surface area contributed by atoms with E-state index in [0.29, 0.717) is 10.6 Å². The first kappa shape index (κ1) is 13.3. The molecule has 1 saturated carbocycles. The number of amides is 2. The zero-order valence-corrected chi connectivity index (χ0v) is 12.2. The van der Waals surface area contributed by atoms with E-state index in [-0.39, 0.29) is 11.8 Å². The monoisotopic (exact) mass is 291 g/mol. The Bertz CT molecular complexity index is 614. The Hall–Kier alpha value is -1.69. The maximum Gasteiger partial charge on any atom is 0.252 e. The predicted molar refractivity (Wildman–Crippen MR) is 79.6 cm³/mol. The number of carbonyl (C=O) groups excluding carboxylic acids is 2. The highest BCUT2D eigenvalue weighted by Gasteiger charge is 2.33. The molecule has 106 valence electrons. The highest BCUT2D eigenvalue weighted by atomic mass is 32.1. The van der Waals surface area contributed by atoms with Gasteiger partial charge in [0, 0.05) is 13.0 Å². The van der Waals surface area contributed by atoms with Crippen molar-refractivity contribution in [2.75, 3.05) is 12.4 Å². The zero-order valence-electron chi connectivity index (χ0n) is 11.4. The number of hydrogen-bond donors (Lipinski definition) is 2. The van der Waals surface area contributed by atoms with Crippen LogP contribution in [0, 0.1) is 5.92 Å². The van der Waals surface area contributed by atoms with Crippen LogP contribution in [0.3, 0.4) is 0 Å². The van der Waals surface area contributed by atoms with Crippen molar-refractivity contribution in [3.8, 4) is 0 Å². The first-order valence-electron chi connectivity index (χ1n) is 6.84. The van der Waals surface area contributed by atoms with Gasteiger partial charge in [-0.25, -0.2) is 0 Å². The van der Waals surface area contributed by atoms with Crippen molar-refractivity contribution in [1.29, 1.82) is 0 Å². The molecule has 6 heteroatoms. The van der Waals surface area contributed by atoms with Crippen LogP contribution in [0.15, 0.2) is 4.99 Å². The van der Waals surface area contributed by atoms with Gasteiger partial charge in [0.05, 0.1) is 16.2 Å². The first-order chi connectivity index (χ1) is 9.61. The number of thiophene rings is 1. The third-order valence-corrected chi connectivity index (χ3v) is 5.01. The van der Waals surface area contributed by atoms with Gasteiger partial charge in [-0.1, -0.05) is 0 Å². The second-order valence-corrected chi connectivity index (χ2v) is 6.29. The Balaban J connectivity index is 2.02. The molecule has 0 aliphatic heterocycles. The Labute approximate surface area is 121 Å². The molecule has 1 heterocycles. The van der Waals surface area contributed by atoms with E-state index in [1.807, 2.05) is 0 Å². The quantitative estimate of drug-likeness (QED) is 0.892. The molecule has 0 saturated heterocycles. The standard InChI is InChI=1S/C14H17N3O2S/c1-16-9-4-2-3-8-10(12(15)18)14(20-11(8)9)17-13(19)7-5-6-7/h7H,2-6H2,1H3,(H2,15,18)(H,17,19)/b16-9-. The van der Waals surface area contributed by atoms with E-state index in [1.165, 1.54) is 11.3 Å². The maximum atomic E-state index is 11.9. The Kier molecular flexibility index (Phi) is 3.33. The minimum atomic E-state index is -0.467. The lowest BCUT2D eigenvalue weighted by Gasteiger charge is -2.13. The third-order valence-electron chi connectivity index (χ3n) is 3.81. The molecule has 0 bridgehead atoms. The van der Waals surface area contributed by atoms with Crippen LogP contribution in [-0.2, 0) is 11.2 Å². The minimum absolute atomic E-state index is 0.00100. The lowest BCUT2D eigenvalue weighted by atomic mass is 9.94. The van der Waals surface area contributed by atoms with Crippen LogP contribution < -0.4 is 11.1 Å². The molecule has 1 aromatic rings. The molecule has 0 aromatic carbocycles. The molecular weight excluding hydrogens is 274 g/mol. The average molecular weight is 291 g/mol. The van der Waals surface area contributed by atoms with Crippen LogP contribution >= 0.6 is 11.3 Å². The molecule has 2 aliphatic carbocycles. The summed E-state index contributed by atoms with van der Waals surface area (Å²) in [6, 6.07) is 0. The lowest BCUT2D eigenvalue weighted by Crippen LogP contribution is -2.19. The number of nitrogens with zero attached hydrogens (tertiary/aromatic N) is 1. The van der Waals surface area contributed by atoms with Crippen molar-refractivity contribution >= 4 is 33.9 Å². The van der Waals surface area contributed by atoms with Gasteiger partial charge in [-0.3, -0.25) is 14.6 Å². The number of fused-ring (bicyclic) bond motifs is 1. The van der Waals surface area contributed by atoms with Crippen molar-refractivity contribution in [3.05, 3.63) is 16.0 Å². The molecule has 3 rings (SSSR count). The molecule has 1 fully saturated rings. The summed E-state index contributed by atoms with van der Waals surface area (Å²) in [6.07, 6.45) is 4.57. The minimum Gasteiger partial charge on any atom is -0.365 e. The van der Waals surface area contributed by atoms with Gasteiger partial charge >= 0.3 is 0 Å². The Morgan fingerprint density at radius 3 is 2.70 bits per heavy atom. The molecule has 0 unspecified atom stereocenters. The van der Waals surface area contributed by atoms with E-state index < -0.39 is 5.91 Å². The second kappa shape index (κ2) is 5.01. The molecule has 5 nitrogen and oxygen atoms in total. The second-order valence-electron chi connectivity index (χ2n) is 5.27. The van der Waals surface area contributed by atoms with Gasteiger partial charge < -0.3 is 11.1 Å². The highest BCUT2D eigenvalue weighted by Crippen LogP contribution is 2.39. The van der Waals surface area contributed by atoms with E-state index in [0.717, 1.165) is 48.3 Å². The summed E-state index contributed by atoms with van der Waals surface area (Å²) >= 11 is 1.43. The van der Waals surface area contributed by atoms with E-state index in [4.69, 9.17) is 5.73 Å². The number of hydrogen-bond acceptors (Lipinski definition) is 4. The number of nitrogens with two attached hydrogens (primary N) is 1. The molecular formula is C14H17N3O2S. The van der Waals surface area contributed by atoms with Gasteiger partial charge in [-0.05, 0) is 37.7 Å². The van der Waals surface area contributed by atoms with Crippen molar-refractivity contribution in [2.24, 2.45) is 16.6 Å². The van der Waals surface area contributed by atoms with Gasteiger partial charge in [-0.15, -0.1) is 11.3 Å². The van der Waals surface area contributed by atoms with Crippen LogP contribution in [0.5, 0.6) is 0 Å². The average Bonchev–Trinajstić information content (AvgIpc) is 3.19. The molecule has 0 radical (unpaired) electrons. The molecule has 3 N–H and O–H groups in total. The number of aliphatic imine (C=N–C) groups is 1. The van der Waals surface area contributed by atoms with Gasteiger partial charge in [0.2, 0.25) is 5.91 Å². The number of carbonyl (C=O) groups is 2. The molecule has 1 aromatic heterocycles. The smallest absolute Gasteiger partial charge is 0.252 e. The number of nitrogens with one attached hydrogen (secondary N) is 1. The van der Waals surface area contributed by atoms with Crippen LogP contribution in [0.25, 0.3) is 0 Å². The van der Waals surface area contributed by atoms with Gasteiger partial charge in [0.1, 0.15) is 5.00 Å². The van der Waals surface area contributed by atoms with Crippen molar-refractivity contribution in [2.45, 2.75) is 32.1 Å². The topological polar surface area (TPSA) is 84.6 Å². The van der Waals surface area contributed by atoms with E-state index in [2.05, 4.69) is 10.3 Å². The zero-order chi connectivity index (χ0) is 14.3. The fourth-order valence-corrected chi connectivity index (χ4v) is 3.92. The van der Waals surface area contributed by atoms with Crippen LogP contribution in [-0.4, -0.2) is 24.6 Å². The normalized spacial score (nSPS) is 19.8. The van der Waals surface area contributed by atoms with E-state index >= 15 is 0 Å². The lowest BCUT2D eigenvalue weighted by molar-refractivity contribution is -0.117. The highest BCUT2D eigenvalue weighted by molar-refractivity contribution is 7.19. The largest absolute Gasteiger partial charge is 0.365 e. The summed E-state index contributed by atoms with van der Waals surface area (Å²) in [5, 5.41) is 3.48. The van der Waals surface area contributed by atoms with Crippen molar-refractivity contribution in [1.82, 2.24) is 0 Å². The van der Waals surface area contributed by atoms with Crippen LogP contribution in [0.2, 0.25) is 0 Å². The molecule has 0 atom stereocenters. The van der Waals surface area contributed by atoms with E-state index in [1.54, 1.807) is 7.05 Å². The predicted octanol–water partition coefficient (Wildman–Crippen LogP) is 1.95. The summed E-state index contributed by atoms with van der Waals surface area (Å²) in [7, 11) is 1.76. The Morgan fingerprint density at radius 1 is 1.35 bits per heavy atom. The van der Waals surface area contributed by atoms with Crippen LogP contribution in [0.1, 0.15) is 46.5 Å². The van der Waals surface area contributed by atoms with E-state index in [9.17, 15) is 9.59 Å². The summed E-state index contributed by atoms with van der Waals surface area (Å²) in [5.41, 5.74) is 7.96. The number of rotatable bonds is 3. The van der Waals surface area contributed by atoms with Crippen LogP contribution in [0.4, 0.5) is 5.00 Å². The fourth-order valence-electron chi connectivity index (χ4n) is 2.60. The first-order valence-corrected chi connectivity index (χ1v) is 7.65. The molecule has 2 amide bonds. The molecule has 2 aliphatic rings. The summed E-state index contributed by atoms with van der Waals surface area (Å²) in [6.45, 7) is 0. The van der Waals surface area contributed by atoms with Crippen molar-refractivity contribution < 1.29 is 9.59 Å². The summed E-state index contributed by atoms with van der Waals surface area (Å²) < 4.78 is 0. The molecule has 0 spiro atoms. The van der Waals surface area contributed by atoms with Gasteiger partial charge in [0.15, 0.2) is 0 Å². The number of primary amides is 1. The maximum absolute atomic E-state index is 11.9. The molecule has 20 heavy (non-hydrogen) atoms. The third kappa shape index (κ3) is 2.24. The van der Waals surface area contributed by atoms with Gasteiger partial charge in [-0.2, -0.15) is 0 Å². The van der Waals surface area contributed by atoms with Gasteiger partial charge in [0.25, 0.3) is 5.91 Å². The Morgan fingerprint density at radius 2 is 2.10 bits per heavy atom.